The van der Waals surface area contributed by atoms with Crippen molar-refractivity contribution in [1.82, 2.24) is 15.1 Å². The van der Waals surface area contributed by atoms with Gasteiger partial charge < -0.3 is 16.2 Å². The van der Waals surface area contributed by atoms with Gasteiger partial charge in [0.2, 0.25) is 5.91 Å². The fourth-order valence-corrected chi connectivity index (χ4v) is 1.15. The Labute approximate surface area is 101 Å². The number of hydrogen-bond acceptors (Lipinski definition) is 4. The van der Waals surface area contributed by atoms with Gasteiger partial charge in [0.25, 0.3) is 0 Å². The Bertz CT molecular complexity index is 404. The number of nitrogens with zero attached hydrogens (tertiary/aromatic N) is 2. The predicted octanol–water partition coefficient (Wildman–Crippen LogP) is 0.131. The van der Waals surface area contributed by atoms with Crippen molar-refractivity contribution < 1.29 is 9.90 Å². The highest BCUT2D eigenvalue weighted by atomic mass is 16.3. The Balaban J connectivity index is 2.62. The molecule has 1 aromatic heterocycles. The largest absolute Gasteiger partial charge is 0.388 e. The maximum Gasteiger partial charge on any atom is 0.242 e. The maximum absolute atomic E-state index is 11.8. The Morgan fingerprint density at radius 3 is 2.53 bits per heavy atom. The third-order valence-electron chi connectivity index (χ3n) is 2.95. The molecule has 96 valence electrons. The summed E-state index contributed by atoms with van der Waals surface area (Å²) in [6, 6.07) is 1.62. The van der Waals surface area contributed by atoms with E-state index in [0.717, 1.165) is 0 Å². The van der Waals surface area contributed by atoms with Crippen LogP contribution in [0.2, 0.25) is 0 Å². The number of carbonyl (C=O) groups excluding carboxylic acids is 1. The monoisotopic (exact) mass is 240 g/mol. The molecule has 4 N–H and O–H groups in total. The summed E-state index contributed by atoms with van der Waals surface area (Å²) in [6.07, 6.45) is 1.63. The third kappa shape index (κ3) is 3.45. The van der Waals surface area contributed by atoms with Gasteiger partial charge in [-0.05, 0) is 33.8 Å². The van der Waals surface area contributed by atoms with Crippen molar-refractivity contribution in [2.75, 3.05) is 5.73 Å². The highest BCUT2D eigenvalue weighted by molar-refractivity contribution is 5.76. The van der Waals surface area contributed by atoms with Crippen molar-refractivity contribution in [3.05, 3.63) is 12.3 Å². The van der Waals surface area contributed by atoms with E-state index in [-0.39, 0.29) is 12.5 Å². The number of aliphatic hydroxyl groups is 1. The lowest BCUT2D eigenvalue weighted by molar-refractivity contribution is -0.126. The van der Waals surface area contributed by atoms with Crippen LogP contribution in [-0.2, 0) is 11.3 Å². The molecule has 0 bridgehead atoms. The highest BCUT2D eigenvalue weighted by Crippen LogP contribution is 2.20. The predicted molar refractivity (Wildman–Crippen MR) is 65.2 cm³/mol. The van der Waals surface area contributed by atoms with Crippen molar-refractivity contribution >= 4 is 11.7 Å². The van der Waals surface area contributed by atoms with Gasteiger partial charge in [0.05, 0.1) is 11.1 Å². The van der Waals surface area contributed by atoms with E-state index in [1.165, 1.54) is 4.68 Å². The second-order valence-electron chi connectivity index (χ2n) is 5.17. The fraction of sp³-hybridized carbons (Fsp3) is 0.636. The smallest absolute Gasteiger partial charge is 0.242 e. The lowest BCUT2D eigenvalue weighted by Gasteiger charge is -2.37. The normalized spacial score (nSPS) is 12.5. The van der Waals surface area contributed by atoms with Crippen LogP contribution in [0.1, 0.15) is 27.7 Å². The second kappa shape index (κ2) is 4.37. The molecular formula is C11H20N4O2. The first kappa shape index (κ1) is 13.5. The molecule has 6 heteroatoms. The fourth-order valence-electron chi connectivity index (χ4n) is 1.15. The number of nitrogens with one attached hydrogen (secondary N) is 1. The van der Waals surface area contributed by atoms with Gasteiger partial charge in [0.15, 0.2) is 0 Å². The Morgan fingerprint density at radius 1 is 1.53 bits per heavy atom. The summed E-state index contributed by atoms with van der Waals surface area (Å²) in [6.45, 7) is 6.92. The molecule has 1 rings (SSSR count). The van der Waals surface area contributed by atoms with Crippen LogP contribution in [-0.4, -0.2) is 31.9 Å². The average molecular weight is 240 g/mol. The van der Waals surface area contributed by atoms with Crippen LogP contribution in [0, 0.1) is 0 Å². The molecule has 1 aromatic rings. The molecule has 0 aromatic carbocycles. The molecule has 17 heavy (non-hydrogen) atoms. The first-order chi connectivity index (χ1) is 7.62. The summed E-state index contributed by atoms with van der Waals surface area (Å²) in [5.74, 6) is 0.153. The van der Waals surface area contributed by atoms with Crippen molar-refractivity contribution in [3.63, 3.8) is 0 Å². The zero-order chi connectivity index (χ0) is 13.3. The van der Waals surface area contributed by atoms with E-state index in [1.807, 2.05) is 0 Å². The first-order valence-electron chi connectivity index (χ1n) is 5.44. The Kier molecular flexibility index (Phi) is 3.47. The van der Waals surface area contributed by atoms with Gasteiger partial charge in [0.1, 0.15) is 12.4 Å². The van der Waals surface area contributed by atoms with E-state index >= 15 is 0 Å². The van der Waals surface area contributed by atoms with Gasteiger partial charge in [-0.3, -0.25) is 9.48 Å². The van der Waals surface area contributed by atoms with Crippen molar-refractivity contribution in [1.29, 1.82) is 0 Å². The van der Waals surface area contributed by atoms with Gasteiger partial charge in [-0.25, -0.2) is 0 Å². The summed E-state index contributed by atoms with van der Waals surface area (Å²) in [7, 11) is 0. The van der Waals surface area contributed by atoms with Crippen LogP contribution >= 0.6 is 0 Å². The molecule has 1 heterocycles. The summed E-state index contributed by atoms with van der Waals surface area (Å²) in [5.41, 5.74) is 3.72. The van der Waals surface area contributed by atoms with E-state index in [1.54, 1.807) is 40.0 Å². The van der Waals surface area contributed by atoms with E-state index in [9.17, 15) is 9.90 Å². The number of carbonyl (C=O) groups is 1. The molecular weight excluding hydrogens is 220 g/mol. The summed E-state index contributed by atoms with van der Waals surface area (Å²) in [4.78, 5) is 11.8. The van der Waals surface area contributed by atoms with Gasteiger partial charge in [0, 0.05) is 6.20 Å². The zero-order valence-electron chi connectivity index (χ0n) is 10.7. The van der Waals surface area contributed by atoms with E-state index < -0.39 is 11.1 Å². The number of amides is 1. The van der Waals surface area contributed by atoms with Gasteiger partial charge in [-0.2, -0.15) is 5.10 Å². The minimum atomic E-state index is -1.01. The van der Waals surface area contributed by atoms with E-state index in [4.69, 9.17) is 5.73 Å². The van der Waals surface area contributed by atoms with E-state index in [0.29, 0.717) is 5.82 Å². The first-order valence-corrected chi connectivity index (χ1v) is 5.44. The minimum Gasteiger partial charge on any atom is -0.388 e. The van der Waals surface area contributed by atoms with Crippen LogP contribution in [0.15, 0.2) is 12.3 Å². The van der Waals surface area contributed by atoms with Crippen LogP contribution in [0.5, 0.6) is 0 Å². The molecule has 0 radical (unpaired) electrons. The molecule has 0 spiro atoms. The molecule has 0 fully saturated rings. The number of nitrogens with two attached hydrogens (primary N) is 1. The molecule has 0 atom stereocenters. The summed E-state index contributed by atoms with van der Waals surface area (Å²) < 4.78 is 1.45. The number of rotatable bonds is 4. The molecule has 6 nitrogen and oxygen atoms in total. The third-order valence-corrected chi connectivity index (χ3v) is 2.95. The molecule has 0 unspecified atom stereocenters. The standard InChI is InChI=1S/C11H20N4O2/c1-10(2,11(3,4)17)13-9(16)7-15-6-5-8(12)14-15/h5-6,17H,7H2,1-4H3,(H2,12,14)(H,13,16). The molecule has 0 saturated carbocycles. The Morgan fingerprint density at radius 2 is 2.12 bits per heavy atom. The van der Waals surface area contributed by atoms with Crippen LogP contribution in [0.3, 0.4) is 0 Å². The second-order valence-corrected chi connectivity index (χ2v) is 5.17. The van der Waals surface area contributed by atoms with Crippen molar-refractivity contribution in [2.45, 2.75) is 45.4 Å². The molecule has 1 amide bonds. The SMILES string of the molecule is CC(C)(O)C(C)(C)NC(=O)Cn1ccc(N)n1. The number of anilines is 1. The van der Waals surface area contributed by atoms with Crippen LogP contribution in [0.25, 0.3) is 0 Å². The lowest BCUT2D eigenvalue weighted by Crippen LogP contribution is -2.58. The van der Waals surface area contributed by atoms with Gasteiger partial charge >= 0.3 is 0 Å². The topological polar surface area (TPSA) is 93.2 Å². The lowest BCUT2D eigenvalue weighted by atomic mass is 9.86. The van der Waals surface area contributed by atoms with Crippen LogP contribution < -0.4 is 11.1 Å². The zero-order valence-corrected chi connectivity index (χ0v) is 10.7. The minimum absolute atomic E-state index is 0.0801. The van der Waals surface area contributed by atoms with Crippen LogP contribution in [0.4, 0.5) is 5.82 Å². The van der Waals surface area contributed by atoms with Crippen molar-refractivity contribution in [2.24, 2.45) is 0 Å². The van der Waals surface area contributed by atoms with E-state index in [2.05, 4.69) is 10.4 Å². The molecule has 0 aliphatic rings. The molecule has 0 aliphatic heterocycles. The van der Waals surface area contributed by atoms with Gasteiger partial charge in [-0.15, -0.1) is 0 Å². The molecule has 0 aliphatic carbocycles. The molecule has 0 saturated heterocycles. The summed E-state index contributed by atoms with van der Waals surface area (Å²) in [5, 5.41) is 16.6. The number of nitrogen functional groups attached to an aromatic ring is 1. The Hall–Kier alpha value is -1.56. The highest BCUT2D eigenvalue weighted by Gasteiger charge is 2.36. The quantitative estimate of drug-likeness (QED) is 0.697. The average Bonchev–Trinajstić information content (AvgIpc) is 2.47. The summed E-state index contributed by atoms with van der Waals surface area (Å²) >= 11 is 0. The van der Waals surface area contributed by atoms with Crippen molar-refractivity contribution in [3.8, 4) is 0 Å². The maximum atomic E-state index is 11.8. The number of aromatic nitrogens is 2. The van der Waals surface area contributed by atoms with Gasteiger partial charge in [-0.1, -0.05) is 0 Å². The number of hydrogen-bond donors (Lipinski definition) is 3.